The van der Waals surface area contributed by atoms with E-state index in [1.165, 1.54) is 28.8 Å². The van der Waals surface area contributed by atoms with Gasteiger partial charge in [-0.2, -0.15) is 0 Å². The molecule has 3 aromatic rings. The molecular formula is C33H41F2N3O4. The Bertz CT molecular complexity index is 1510. The third-order valence-corrected chi connectivity index (χ3v) is 7.56. The number of halogens is 2. The lowest BCUT2D eigenvalue weighted by Crippen LogP contribution is -2.40. The summed E-state index contributed by atoms with van der Waals surface area (Å²) < 4.78 is 31.0. The number of carboxylic acid groups (broad SMARTS) is 1. The van der Waals surface area contributed by atoms with Crippen LogP contribution in [0.25, 0.3) is 11.1 Å². The number of benzene rings is 2. The fourth-order valence-electron chi connectivity index (χ4n) is 5.45. The number of aryl methyl sites for hydroxylation is 4. The fourth-order valence-corrected chi connectivity index (χ4v) is 5.45. The molecule has 0 aliphatic carbocycles. The topological polar surface area (TPSA) is 91.6 Å². The van der Waals surface area contributed by atoms with Gasteiger partial charge in [-0.1, -0.05) is 13.3 Å². The summed E-state index contributed by atoms with van der Waals surface area (Å²) in [6.07, 6.45) is 2.74. The van der Waals surface area contributed by atoms with Crippen LogP contribution in [-0.4, -0.2) is 47.1 Å². The van der Waals surface area contributed by atoms with Crippen molar-refractivity contribution in [3.8, 4) is 11.1 Å². The summed E-state index contributed by atoms with van der Waals surface area (Å²) in [5.74, 6) is -2.80. The molecule has 2 atom stereocenters. The maximum Gasteiger partial charge on any atom is 0.305 e. The molecule has 9 heteroatoms. The number of likely N-dealkylation sites (N-methyl/N-ethyl adjacent to an activating group) is 1. The van der Waals surface area contributed by atoms with Gasteiger partial charge < -0.3 is 19.9 Å². The minimum Gasteiger partial charge on any atom is -0.481 e. The van der Waals surface area contributed by atoms with Crippen LogP contribution in [0.2, 0.25) is 0 Å². The molecule has 0 radical (unpaired) electrons. The number of amides is 1. The SMILES string of the molecule is CCCC(C(=O)N[C@@H](CC(=O)O)c1cc(-c2c(C)cc(F)cc2C)cc(C)c1F)n1cc(CCN(C)C)c(C)cc1=O. The summed E-state index contributed by atoms with van der Waals surface area (Å²) in [6, 6.07) is 5.32. The summed E-state index contributed by atoms with van der Waals surface area (Å²) in [5, 5.41) is 12.5. The maximum atomic E-state index is 15.6. The minimum absolute atomic E-state index is 0.0158. The summed E-state index contributed by atoms with van der Waals surface area (Å²) in [5.41, 5.74) is 4.30. The van der Waals surface area contributed by atoms with E-state index in [1.54, 1.807) is 33.0 Å². The predicted octanol–water partition coefficient (Wildman–Crippen LogP) is 5.80. The van der Waals surface area contributed by atoms with E-state index in [0.717, 1.165) is 17.7 Å². The first-order valence-corrected chi connectivity index (χ1v) is 14.2. The molecular weight excluding hydrogens is 540 g/mol. The van der Waals surface area contributed by atoms with Crippen LogP contribution < -0.4 is 10.9 Å². The maximum absolute atomic E-state index is 15.6. The van der Waals surface area contributed by atoms with Crippen LogP contribution in [0.1, 0.15) is 71.7 Å². The Hall–Kier alpha value is -3.85. The van der Waals surface area contributed by atoms with Gasteiger partial charge in [-0.25, -0.2) is 8.78 Å². The van der Waals surface area contributed by atoms with E-state index in [0.29, 0.717) is 41.5 Å². The molecule has 7 nitrogen and oxygen atoms in total. The summed E-state index contributed by atoms with van der Waals surface area (Å²) in [7, 11) is 3.91. The highest BCUT2D eigenvalue weighted by Gasteiger charge is 2.28. The lowest BCUT2D eigenvalue weighted by atomic mass is 9.90. The van der Waals surface area contributed by atoms with E-state index >= 15 is 4.39 Å². The Labute approximate surface area is 246 Å². The average molecular weight is 582 g/mol. The standard InChI is InChI=1S/C33H41F2N3O4/c1-8-9-28(38-18-23(10-11-37(6)7)19(2)15-29(38)39)33(42)36-27(17-30(40)41)26-16-24(12-22(5)32(26)35)31-20(3)13-25(34)14-21(31)4/h12-16,18,27-28H,8-11,17H2,1-7H3,(H,36,42)(H,40,41)/t27-,28?/m0/s1. The van der Waals surface area contributed by atoms with Gasteiger partial charge in [0.25, 0.3) is 5.56 Å². The molecule has 0 aliphatic rings. The molecule has 1 unspecified atom stereocenters. The first kappa shape index (κ1) is 32.7. The van der Waals surface area contributed by atoms with Gasteiger partial charge in [-0.3, -0.25) is 14.4 Å². The molecule has 0 saturated heterocycles. The zero-order valence-corrected chi connectivity index (χ0v) is 25.5. The van der Waals surface area contributed by atoms with E-state index in [-0.39, 0.29) is 22.5 Å². The van der Waals surface area contributed by atoms with Gasteiger partial charge in [0.15, 0.2) is 0 Å². The van der Waals surface area contributed by atoms with E-state index in [1.807, 2.05) is 32.8 Å². The van der Waals surface area contributed by atoms with Crippen LogP contribution >= 0.6 is 0 Å². The second kappa shape index (κ2) is 13.9. The number of carboxylic acids is 1. The zero-order valence-electron chi connectivity index (χ0n) is 25.5. The van der Waals surface area contributed by atoms with Gasteiger partial charge in [0.1, 0.15) is 17.7 Å². The molecule has 0 spiro atoms. The number of rotatable bonds is 12. The number of pyridine rings is 1. The molecule has 0 aliphatic heterocycles. The van der Waals surface area contributed by atoms with Crippen LogP contribution in [0.5, 0.6) is 0 Å². The number of nitrogens with zero attached hydrogens (tertiary/aromatic N) is 2. The number of carbonyl (C=O) groups excluding carboxylic acids is 1. The molecule has 0 saturated carbocycles. The van der Waals surface area contributed by atoms with Crippen molar-refractivity contribution in [2.75, 3.05) is 20.6 Å². The number of aromatic nitrogens is 1. The highest BCUT2D eigenvalue weighted by atomic mass is 19.1. The Kier molecular flexibility index (Phi) is 10.8. The Morgan fingerprint density at radius 3 is 2.19 bits per heavy atom. The molecule has 3 rings (SSSR count). The first-order valence-electron chi connectivity index (χ1n) is 14.2. The third-order valence-electron chi connectivity index (χ3n) is 7.56. The number of aliphatic carboxylic acids is 1. The lowest BCUT2D eigenvalue weighted by molar-refractivity contribution is -0.138. The largest absolute Gasteiger partial charge is 0.481 e. The van der Waals surface area contributed by atoms with Crippen molar-refractivity contribution in [2.24, 2.45) is 0 Å². The van der Waals surface area contributed by atoms with Crippen molar-refractivity contribution in [1.82, 2.24) is 14.8 Å². The van der Waals surface area contributed by atoms with Crippen molar-refractivity contribution >= 4 is 11.9 Å². The molecule has 0 fully saturated rings. The normalized spacial score (nSPS) is 12.8. The van der Waals surface area contributed by atoms with Crippen molar-refractivity contribution in [3.63, 3.8) is 0 Å². The predicted molar refractivity (Wildman–Crippen MR) is 161 cm³/mol. The zero-order chi connectivity index (χ0) is 31.3. The van der Waals surface area contributed by atoms with E-state index < -0.39 is 36.2 Å². The second-order valence-corrected chi connectivity index (χ2v) is 11.4. The first-order chi connectivity index (χ1) is 19.7. The van der Waals surface area contributed by atoms with Crippen molar-refractivity contribution < 1.29 is 23.5 Å². The van der Waals surface area contributed by atoms with Crippen LogP contribution in [0.4, 0.5) is 8.78 Å². The van der Waals surface area contributed by atoms with Gasteiger partial charge in [-0.15, -0.1) is 0 Å². The number of hydrogen-bond donors (Lipinski definition) is 2. The summed E-state index contributed by atoms with van der Waals surface area (Å²) in [4.78, 5) is 40.8. The van der Waals surface area contributed by atoms with Crippen molar-refractivity contribution in [1.29, 1.82) is 0 Å². The van der Waals surface area contributed by atoms with Crippen LogP contribution in [0, 0.1) is 39.3 Å². The number of hydrogen-bond acceptors (Lipinski definition) is 4. The highest BCUT2D eigenvalue weighted by Crippen LogP contribution is 2.34. The molecule has 1 heterocycles. The molecule has 1 amide bonds. The van der Waals surface area contributed by atoms with Gasteiger partial charge in [0.05, 0.1) is 12.5 Å². The minimum atomic E-state index is -1.22. The molecule has 42 heavy (non-hydrogen) atoms. The van der Waals surface area contributed by atoms with Crippen LogP contribution in [0.3, 0.4) is 0 Å². The lowest BCUT2D eigenvalue weighted by Gasteiger charge is -2.25. The van der Waals surface area contributed by atoms with Gasteiger partial charge >= 0.3 is 5.97 Å². The van der Waals surface area contributed by atoms with E-state index in [2.05, 4.69) is 5.32 Å². The van der Waals surface area contributed by atoms with E-state index in [9.17, 15) is 23.9 Å². The van der Waals surface area contributed by atoms with E-state index in [4.69, 9.17) is 0 Å². The molecule has 226 valence electrons. The Morgan fingerprint density at radius 1 is 0.976 bits per heavy atom. The Balaban J connectivity index is 2.08. The average Bonchev–Trinajstić information content (AvgIpc) is 2.87. The van der Waals surface area contributed by atoms with Crippen LogP contribution in [0.15, 0.2) is 41.3 Å². The second-order valence-electron chi connectivity index (χ2n) is 11.4. The number of carbonyl (C=O) groups is 2. The van der Waals surface area contributed by atoms with Crippen LogP contribution in [-0.2, 0) is 16.0 Å². The third kappa shape index (κ3) is 7.70. The number of nitrogens with one attached hydrogen (secondary N) is 1. The van der Waals surface area contributed by atoms with Gasteiger partial charge in [0.2, 0.25) is 5.91 Å². The quantitative estimate of drug-likeness (QED) is 0.282. The molecule has 1 aromatic heterocycles. The van der Waals surface area contributed by atoms with Crippen molar-refractivity contribution in [3.05, 3.63) is 91.9 Å². The highest BCUT2D eigenvalue weighted by molar-refractivity contribution is 5.82. The summed E-state index contributed by atoms with van der Waals surface area (Å²) in [6.45, 7) is 9.57. The van der Waals surface area contributed by atoms with Crippen molar-refractivity contribution in [2.45, 2.75) is 72.4 Å². The van der Waals surface area contributed by atoms with Gasteiger partial charge in [-0.05, 0) is 118 Å². The summed E-state index contributed by atoms with van der Waals surface area (Å²) >= 11 is 0. The molecule has 0 bridgehead atoms. The Morgan fingerprint density at radius 2 is 1.62 bits per heavy atom. The smallest absolute Gasteiger partial charge is 0.305 e. The fraction of sp³-hybridized carbons (Fsp3) is 0.424. The van der Waals surface area contributed by atoms with Gasteiger partial charge in [0, 0.05) is 24.4 Å². The molecule has 2 aromatic carbocycles. The monoisotopic (exact) mass is 581 g/mol. The molecule has 2 N–H and O–H groups in total.